The van der Waals surface area contributed by atoms with Crippen molar-refractivity contribution in [1.29, 1.82) is 0 Å². The number of hydrogen-bond acceptors (Lipinski definition) is 4. The van der Waals surface area contributed by atoms with Crippen molar-refractivity contribution in [1.82, 2.24) is 10.5 Å². The fraction of sp³-hybridized carbons (Fsp3) is 0.667. The molecule has 1 fully saturated rings. The van der Waals surface area contributed by atoms with Crippen LogP contribution in [0.2, 0.25) is 0 Å². The zero-order valence-corrected chi connectivity index (χ0v) is 12.7. The van der Waals surface area contributed by atoms with Gasteiger partial charge in [0.15, 0.2) is 5.69 Å². The summed E-state index contributed by atoms with van der Waals surface area (Å²) in [6.07, 6.45) is 2.49. The maximum absolute atomic E-state index is 12.2. The van der Waals surface area contributed by atoms with Crippen LogP contribution in [0.4, 0.5) is 0 Å². The van der Waals surface area contributed by atoms with E-state index >= 15 is 0 Å². The average molecular weight is 294 g/mol. The number of aromatic nitrogens is 1. The second-order valence-corrected chi connectivity index (χ2v) is 6.29. The number of aliphatic carboxylic acids is 1. The predicted molar refractivity (Wildman–Crippen MR) is 76.1 cm³/mol. The van der Waals surface area contributed by atoms with E-state index in [4.69, 9.17) is 4.52 Å². The first kappa shape index (κ1) is 15.5. The van der Waals surface area contributed by atoms with Gasteiger partial charge in [-0.2, -0.15) is 0 Å². The number of hydrogen-bond donors (Lipinski definition) is 2. The number of carboxylic acids is 1. The van der Waals surface area contributed by atoms with Gasteiger partial charge in [-0.3, -0.25) is 4.79 Å². The average Bonchev–Trinajstić information content (AvgIpc) is 2.91. The molecule has 0 bridgehead atoms. The standard InChI is InChI=1S/C15H22N2O4/c1-9(2)12-8-11(17-21-12)13(18)16-15(14(19)20)6-4-10(3)5-7-15/h8-10H,4-7H2,1-3H3,(H,16,18)(H,19,20). The topological polar surface area (TPSA) is 92.4 Å². The Balaban J connectivity index is 2.13. The van der Waals surface area contributed by atoms with Gasteiger partial charge in [0.2, 0.25) is 0 Å². The van der Waals surface area contributed by atoms with E-state index in [1.807, 2.05) is 13.8 Å². The molecular formula is C15H22N2O4. The summed E-state index contributed by atoms with van der Waals surface area (Å²) < 4.78 is 5.09. The van der Waals surface area contributed by atoms with Crippen LogP contribution in [0.3, 0.4) is 0 Å². The Hall–Kier alpha value is -1.85. The van der Waals surface area contributed by atoms with Crippen molar-refractivity contribution in [3.05, 3.63) is 17.5 Å². The van der Waals surface area contributed by atoms with Crippen LogP contribution in [0, 0.1) is 5.92 Å². The molecule has 6 nitrogen and oxygen atoms in total. The molecule has 116 valence electrons. The van der Waals surface area contributed by atoms with Crippen molar-refractivity contribution in [2.45, 2.75) is 57.9 Å². The summed E-state index contributed by atoms with van der Waals surface area (Å²) in [5.74, 6) is -0.225. The van der Waals surface area contributed by atoms with Gasteiger partial charge in [-0.15, -0.1) is 0 Å². The molecule has 1 aromatic heterocycles. The lowest BCUT2D eigenvalue weighted by atomic mass is 9.77. The minimum Gasteiger partial charge on any atom is -0.480 e. The van der Waals surface area contributed by atoms with Crippen LogP contribution in [-0.4, -0.2) is 27.7 Å². The Labute approximate surface area is 123 Å². The van der Waals surface area contributed by atoms with Crippen LogP contribution in [0.5, 0.6) is 0 Å². The van der Waals surface area contributed by atoms with E-state index in [2.05, 4.69) is 17.4 Å². The second-order valence-electron chi connectivity index (χ2n) is 6.29. The van der Waals surface area contributed by atoms with Crippen LogP contribution >= 0.6 is 0 Å². The summed E-state index contributed by atoms with van der Waals surface area (Å²) in [4.78, 5) is 23.8. The summed E-state index contributed by atoms with van der Waals surface area (Å²) in [6, 6.07) is 1.57. The molecule has 1 aliphatic carbocycles. The van der Waals surface area contributed by atoms with E-state index < -0.39 is 17.4 Å². The largest absolute Gasteiger partial charge is 0.480 e. The van der Waals surface area contributed by atoms with E-state index in [1.165, 1.54) is 0 Å². The molecule has 1 aromatic rings. The second kappa shape index (κ2) is 5.87. The number of carbonyl (C=O) groups is 2. The Morgan fingerprint density at radius 2 is 2.05 bits per heavy atom. The highest BCUT2D eigenvalue weighted by Crippen LogP contribution is 2.32. The Kier molecular flexibility index (Phi) is 4.34. The third kappa shape index (κ3) is 3.25. The molecule has 2 rings (SSSR count). The quantitative estimate of drug-likeness (QED) is 0.890. The fourth-order valence-electron chi connectivity index (χ4n) is 2.60. The highest BCUT2D eigenvalue weighted by Gasteiger charge is 2.43. The van der Waals surface area contributed by atoms with Crippen molar-refractivity contribution >= 4 is 11.9 Å². The van der Waals surface area contributed by atoms with Gasteiger partial charge >= 0.3 is 5.97 Å². The zero-order valence-electron chi connectivity index (χ0n) is 12.7. The lowest BCUT2D eigenvalue weighted by Gasteiger charge is -2.36. The minimum absolute atomic E-state index is 0.128. The molecule has 0 saturated heterocycles. The van der Waals surface area contributed by atoms with Gasteiger partial charge in [0.1, 0.15) is 11.3 Å². The maximum Gasteiger partial charge on any atom is 0.329 e. The van der Waals surface area contributed by atoms with E-state index in [-0.39, 0.29) is 11.6 Å². The van der Waals surface area contributed by atoms with Crippen LogP contribution < -0.4 is 5.32 Å². The van der Waals surface area contributed by atoms with Gasteiger partial charge in [-0.05, 0) is 31.6 Å². The summed E-state index contributed by atoms with van der Waals surface area (Å²) in [6.45, 7) is 5.97. The number of nitrogens with zero attached hydrogens (tertiary/aromatic N) is 1. The molecule has 6 heteroatoms. The predicted octanol–water partition coefficient (Wildman–Crippen LogP) is 2.56. The van der Waals surface area contributed by atoms with Gasteiger partial charge in [0, 0.05) is 12.0 Å². The first-order valence-electron chi connectivity index (χ1n) is 7.36. The molecular weight excluding hydrogens is 272 g/mol. The van der Waals surface area contributed by atoms with Crippen molar-refractivity contribution in [3.63, 3.8) is 0 Å². The van der Waals surface area contributed by atoms with Crippen LogP contribution in [0.25, 0.3) is 0 Å². The molecule has 0 unspecified atom stereocenters. The van der Waals surface area contributed by atoms with Crippen LogP contribution in [0.15, 0.2) is 10.6 Å². The molecule has 2 N–H and O–H groups in total. The van der Waals surface area contributed by atoms with Gasteiger partial charge in [-0.1, -0.05) is 25.9 Å². The number of rotatable bonds is 4. The highest BCUT2D eigenvalue weighted by molar-refractivity contribution is 5.96. The summed E-state index contributed by atoms with van der Waals surface area (Å²) in [5.41, 5.74) is -1.04. The summed E-state index contributed by atoms with van der Waals surface area (Å²) in [7, 11) is 0. The molecule has 0 radical (unpaired) electrons. The maximum atomic E-state index is 12.2. The summed E-state index contributed by atoms with van der Waals surface area (Å²) in [5, 5.41) is 15.9. The lowest BCUT2D eigenvalue weighted by Crippen LogP contribution is -2.56. The van der Waals surface area contributed by atoms with Gasteiger partial charge in [0.05, 0.1) is 0 Å². The smallest absolute Gasteiger partial charge is 0.329 e. The van der Waals surface area contributed by atoms with Crippen LogP contribution in [0.1, 0.15) is 68.6 Å². The van der Waals surface area contributed by atoms with Crippen molar-refractivity contribution < 1.29 is 19.2 Å². The monoisotopic (exact) mass is 294 g/mol. The summed E-state index contributed by atoms with van der Waals surface area (Å²) >= 11 is 0. The third-order valence-corrected chi connectivity index (χ3v) is 4.22. The molecule has 1 amide bonds. The van der Waals surface area contributed by atoms with Crippen molar-refractivity contribution in [3.8, 4) is 0 Å². The molecule has 1 saturated carbocycles. The van der Waals surface area contributed by atoms with Crippen molar-refractivity contribution in [2.75, 3.05) is 0 Å². The lowest BCUT2D eigenvalue weighted by molar-refractivity contribution is -0.146. The van der Waals surface area contributed by atoms with Gasteiger partial charge < -0.3 is 14.9 Å². The van der Waals surface area contributed by atoms with E-state index in [1.54, 1.807) is 6.07 Å². The zero-order chi connectivity index (χ0) is 15.6. The van der Waals surface area contributed by atoms with Crippen LogP contribution in [-0.2, 0) is 4.79 Å². The molecule has 0 spiro atoms. The van der Waals surface area contributed by atoms with Gasteiger partial charge in [-0.25, -0.2) is 4.79 Å². The van der Waals surface area contributed by atoms with Crippen molar-refractivity contribution in [2.24, 2.45) is 5.92 Å². The molecule has 21 heavy (non-hydrogen) atoms. The molecule has 1 heterocycles. The molecule has 1 aliphatic rings. The molecule has 0 aliphatic heterocycles. The Morgan fingerprint density at radius 3 is 2.52 bits per heavy atom. The van der Waals surface area contributed by atoms with Gasteiger partial charge in [0.25, 0.3) is 5.91 Å². The van der Waals surface area contributed by atoms with E-state index in [0.29, 0.717) is 24.5 Å². The third-order valence-electron chi connectivity index (χ3n) is 4.22. The fourth-order valence-corrected chi connectivity index (χ4v) is 2.60. The molecule has 0 aromatic carbocycles. The number of amides is 1. The first-order chi connectivity index (χ1) is 9.84. The highest BCUT2D eigenvalue weighted by atomic mass is 16.5. The Bertz CT molecular complexity index is 528. The normalized spacial score (nSPS) is 25.8. The molecule has 0 atom stereocenters. The SMILES string of the molecule is CC1CCC(NC(=O)c2cc(C(C)C)on2)(C(=O)O)CC1. The Morgan fingerprint density at radius 1 is 1.43 bits per heavy atom. The van der Waals surface area contributed by atoms with E-state index in [0.717, 1.165) is 12.8 Å². The number of nitrogens with one attached hydrogen (secondary N) is 1. The van der Waals surface area contributed by atoms with E-state index in [9.17, 15) is 14.7 Å². The number of carboxylic acid groups (broad SMARTS) is 1. The minimum atomic E-state index is -1.18. The number of carbonyl (C=O) groups excluding carboxylic acids is 1. The first-order valence-corrected chi connectivity index (χ1v) is 7.36.